The van der Waals surface area contributed by atoms with Crippen molar-refractivity contribution in [1.29, 1.82) is 0 Å². The number of nitrogens with one attached hydrogen (secondary N) is 2. The number of thiophene rings is 1. The van der Waals surface area contributed by atoms with Gasteiger partial charge in [0.2, 0.25) is 5.91 Å². The molecule has 0 bridgehead atoms. The van der Waals surface area contributed by atoms with Gasteiger partial charge in [0.05, 0.1) is 16.3 Å². The number of hydrogen-bond acceptors (Lipinski definition) is 6. The normalized spacial score (nSPS) is 10.8. The minimum Gasteiger partial charge on any atom is -0.325 e. The minimum atomic E-state index is -0.176. The first-order valence-electron chi connectivity index (χ1n) is 10.3. The maximum absolute atomic E-state index is 12.6. The summed E-state index contributed by atoms with van der Waals surface area (Å²) in [5.74, 6) is 0.593. The quantitative estimate of drug-likeness (QED) is 0.356. The smallest absolute Gasteiger partial charge is 0.265 e. The Morgan fingerprint density at radius 1 is 0.970 bits per heavy atom. The number of rotatable bonds is 7. The molecule has 0 fully saturated rings. The van der Waals surface area contributed by atoms with Gasteiger partial charge in [0.1, 0.15) is 5.82 Å². The highest BCUT2D eigenvalue weighted by Crippen LogP contribution is 2.25. The molecule has 9 heteroatoms. The van der Waals surface area contributed by atoms with Crippen LogP contribution in [0.25, 0.3) is 5.69 Å². The van der Waals surface area contributed by atoms with Gasteiger partial charge in [-0.1, -0.05) is 36.0 Å². The van der Waals surface area contributed by atoms with Crippen LogP contribution in [0.15, 0.2) is 65.1 Å². The zero-order valence-electron chi connectivity index (χ0n) is 18.5. The third kappa shape index (κ3) is 5.50. The van der Waals surface area contributed by atoms with Crippen molar-refractivity contribution in [3.05, 3.63) is 81.8 Å². The second kappa shape index (κ2) is 10.0. The number of hydrogen-bond donors (Lipinski definition) is 2. The second-order valence-corrected chi connectivity index (χ2v) is 9.39. The van der Waals surface area contributed by atoms with Crippen LogP contribution in [0, 0.1) is 20.8 Å². The summed E-state index contributed by atoms with van der Waals surface area (Å²) in [5, 5.41) is 16.7. The first-order valence-corrected chi connectivity index (χ1v) is 12.1. The first kappa shape index (κ1) is 22.8. The van der Waals surface area contributed by atoms with Crippen molar-refractivity contribution in [2.24, 2.45) is 0 Å². The number of carbonyl (C=O) groups is 2. The van der Waals surface area contributed by atoms with Crippen LogP contribution in [-0.2, 0) is 4.79 Å². The highest BCUT2D eigenvalue weighted by molar-refractivity contribution is 7.99. The monoisotopic (exact) mass is 477 g/mol. The van der Waals surface area contributed by atoms with Crippen LogP contribution in [-0.4, -0.2) is 32.3 Å². The van der Waals surface area contributed by atoms with E-state index in [1.165, 1.54) is 23.1 Å². The zero-order valence-corrected chi connectivity index (χ0v) is 20.1. The third-order valence-corrected chi connectivity index (χ3v) is 6.68. The fourth-order valence-electron chi connectivity index (χ4n) is 3.28. The summed E-state index contributed by atoms with van der Waals surface area (Å²) in [7, 11) is 0. The molecule has 0 radical (unpaired) electrons. The molecule has 0 saturated carbocycles. The molecule has 4 rings (SSSR count). The topological polar surface area (TPSA) is 88.9 Å². The zero-order chi connectivity index (χ0) is 23.4. The highest BCUT2D eigenvalue weighted by atomic mass is 32.2. The molecule has 2 aromatic carbocycles. The Labute approximate surface area is 200 Å². The average Bonchev–Trinajstić information content (AvgIpc) is 3.44. The van der Waals surface area contributed by atoms with Gasteiger partial charge < -0.3 is 10.6 Å². The molecular weight excluding hydrogens is 454 g/mol. The Kier molecular flexibility index (Phi) is 6.90. The number of carbonyl (C=O) groups excluding carboxylic acids is 2. The lowest BCUT2D eigenvalue weighted by atomic mass is 10.1. The van der Waals surface area contributed by atoms with Crippen LogP contribution in [0.4, 0.5) is 11.4 Å². The molecule has 0 aliphatic heterocycles. The van der Waals surface area contributed by atoms with Gasteiger partial charge in [-0.05, 0) is 67.6 Å². The molecular formula is C24H23N5O2S2. The van der Waals surface area contributed by atoms with Crippen LogP contribution < -0.4 is 10.6 Å². The van der Waals surface area contributed by atoms with Crippen LogP contribution in [0.1, 0.15) is 26.6 Å². The summed E-state index contributed by atoms with van der Waals surface area (Å²) in [5.41, 5.74) is 4.48. The van der Waals surface area contributed by atoms with Gasteiger partial charge in [0, 0.05) is 11.4 Å². The van der Waals surface area contributed by atoms with Crippen molar-refractivity contribution in [3.63, 3.8) is 0 Å². The standard InChI is InChI=1S/C24H23N5O2S2/c1-15-9-10-16(2)20(12-15)29-17(3)27-28-24(29)33-14-22(30)25-18-6-4-7-19(13-18)26-23(31)21-8-5-11-32-21/h4-13H,14H2,1-3H3,(H,25,30)(H,26,31). The second-order valence-electron chi connectivity index (χ2n) is 7.50. The molecule has 2 aromatic heterocycles. The lowest BCUT2D eigenvalue weighted by molar-refractivity contribution is -0.113. The molecule has 2 N–H and O–H groups in total. The molecule has 0 spiro atoms. The van der Waals surface area contributed by atoms with Crippen molar-refractivity contribution < 1.29 is 9.59 Å². The Bertz CT molecular complexity index is 1300. The van der Waals surface area contributed by atoms with E-state index in [1.807, 2.05) is 36.8 Å². The van der Waals surface area contributed by atoms with E-state index in [-0.39, 0.29) is 17.6 Å². The van der Waals surface area contributed by atoms with Crippen molar-refractivity contribution in [2.45, 2.75) is 25.9 Å². The van der Waals surface area contributed by atoms with Gasteiger partial charge in [-0.2, -0.15) is 0 Å². The van der Waals surface area contributed by atoms with E-state index in [1.54, 1.807) is 30.3 Å². The van der Waals surface area contributed by atoms with E-state index < -0.39 is 0 Å². The first-order chi connectivity index (χ1) is 15.9. The van der Waals surface area contributed by atoms with Gasteiger partial charge in [0.15, 0.2) is 5.16 Å². The molecule has 168 valence electrons. The van der Waals surface area contributed by atoms with E-state index in [0.29, 0.717) is 21.4 Å². The fraction of sp³-hybridized carbons (Fsp3) is 0.167. The van der Waals surface area contributed by atoms with Crippen LogP contribution in [0.3, 0.4) is 0 Å². The average molecular weight is 478 g/mol. The molecule has 2 heterocycles. The molecule has 33 heavy (non-hydrogen) atoms. The van der Waals surface area contributed by atoms with Crippen molar-refractivity contribution in [3.8, 4) is 5.69 Å². The van der Waals surface area contributed by atoms with Crippen LogP contribution >= 0.6 is 23.1 Å². The Balaban J connectivity index is 1.41. The van der Waals surface area contributed by atoms with E-state index in [0.717, 1.165) is 22.6 Å². The number of aryl methyl sites for hydroxylation is 3. The van der Waals surface area contributed by atoms with Gasteiger partial charge in [-0.15, -0.1) is 21.5 Å². The lowest BCUT2D eigenvalue weighted by Crippen LogP contribution is -2.15. The summed E-state index contributed by atoms with van der Waals surface area (Å²) >= 11 is 2.70. The molecule has 0 atom stereocenters. The highest BCUT2D eigenvalue weighted by Gasteiger charge is 2.15. The number of anilines is 2. The van der Waals surface area contributed by atoms with Crippen molar-refractivity contribution >= 4 is 46.3 Å². The van der Waals surface area contributed by atoms with Crippen molar-refractivity contribution in [2.75, 3.05) is 16.4 Å². The molecule has 0 aliphatic carbocycles. The number of benzene rings is 2. The summed E-state index contributed by atoms with van der Waals surface area (Å²) in [4.78, 5) is 25.5. The lowest BCUT2D eigenvalue weighted by Gasteiger charge is -2.12. The number of nitrogens with zero attached hydrogens (tertiary/aromatic N) is 3. The van der Waals surface area contributed by atoms with Gasteiger partial charge in [-0.3, -0.25) is 14.2 Å². The number of thioether (sulfide) groups is 1. The number of aromatic nitrogens is 3. The number of amides is 2. The Morgan fingerprint density at radius 3 is 2.52 bits per heavy atom. The molecule has 0 saturated heterocycles. The SMILES string of the molecule is Cc1ccc(C)c(-n2c(C)nnc2SCC(=O)Nc2cccc(NC(=O)c3cccs3)c2)c1. The van der Waals surface area contributed by atoms with Gasteiger partial charge in [0.25, 0.3) is 5.91 Å². The predicted molar refractivity (Wildman–Crippen MR) is 134 cm³/mol. The maximum atomic E-state index is 12.6. The summed E-state index contributed by atoms with van der Waals surface area (Å²) in [6.45, 7) is 5.98. The summed E-state index contributed by atoms with van der Waals surface area (Å²) in [6, 6.07) is 16.9. The van der Waals surface area contributed by atoms with Crippen LogP contribution in [0.2, 0.25) is 0 Å². The van der Waals surface area contributed by atoms with E-state index >= 15 is 0 Å². The Morgan fingerprint density at radius 2 is 1.76 bits per heavy atom. The van der Waals surface area contributed by atoms with E-state index in [2.05, 4.69) is 39.0 Å². The molecule has 0 unspecified atom stereocenters. The largest absolute Gasteiger partial charge is 0.325 e. The molecule has 4 aromatic rings. The molecule has 0 aliphatic rings. The minimum absolute atomic E-state index is 0.171. The summed E-state index contributed by atoms with van der Waals surface area (Å²) < 4.78 is 1.97. The van der Waals surface area contributed by atoms with Gasteiger partial charge in [-0.25, -0.2) is 0 Å². The van der Waals surface area contributed by atoms with Crippen LogP contribution in [0.5, 0.6) is 0 Å². The Hall–Kier alpha value is -3.43. The summed E-state index contributed by atoms with van der Waals surface area (Å²) in [6.07, 6.45) is 0. The van der Waals surface area contributed by atoms with E-state index in [4.69, 9.17) is 0 Å². The fourth-order valence-corrected chi connectivity index (χ4v) is 4.69. The van der Waals surface area contributed by atoms with Gasteiger partial charge >= 0.3 is 0 Å². The predicted octanol–water partition coefficient (Wildman–Crippen LogP) is 5.24. The maximum Gasteiger partial charge on any atom is 0.265 e. The van der Waals surface area contributed by atoms with E-state index in [9.17, 15) is 9.59 Å². The molecule has 7 nitrogen and oxygen atoms in total. The molecule has 2 amide bonds. The third-order valence-electron chi connectivity index (χ3n) is 4.88. The van der Waals surface area contributed by atoms with Crippen molar-refractivity contribution in [1.82, 2.24) is 14.8 Å².